The number of ether oxygens (including phenoxy) is 1. The van der Waals surface area contributed by atoms with Crippen molar-refractivity contribution in [3.05, 3.63) is 89.1 Å². The first-order valence-electron chi connectivity index (χ1n) is 12.4. The third kappa shape index (κ3) is 5.40. The van der Waals surface area contributed by atoms with E-state index >= 15 is 0 Å². The van der Waals surface area contributed by atoms with Gasteiger partial charge in [0.2, 0.25) is 0 Å². The van der Waals surface area contributed by atoms with Gasteiger partial charge in [-0.05, 0) is 42.7 Å². The van der Waals surface area contributed by atoms with Crippen molar-refractivity contribution in [2.75, 3.05) is 20.1 Å². The van der Waals surface area contributed by atoms with Crippen molar-refractivity contribution in [2.24, 2.45) is 0 Å². The van der Waals surface area contributed by atoms with Gasteiger partial charge in [-0.2, -0.15) is 0 Å². The summed E-state index contributed by atoms with van der Waals surface area (Å²) in [6, 6.07) is 20.9. The number of nitrogens with zero attached hydrogens (tertiary/aromatic N) is 4. The molecule has 1 fully saturated rings. The fourth-order valence-electron chi connectivity index (χ4n) is 4.76. The van der Waals surface area contributed by atoms with Crippen LogP contribution >= 0.6 is 11.6 Å². The molecule has 194 valence electrons. The first-order valence-corrected chi connectivity index (χ1v) is 12.8. The maximum atomic E-state index is 13.6. The summed E-state index contributed by atoms with van der Waals surface area (Å²) >= 11 is 6.49. The largest absolute Gasteiger partial charge is 0.489 e. The van der Waals surface area contributed by atoms with Crippen LogP contribution in [0.25, 0.3) is 22.3 Å². The summed E-state index contributed by atoms with van der Waals surface area (Å²) in [4.78, 5) is 37.2. The quantitative estimate of drug-likeness (QED) is 0.327. The SMILES string of the molecule is CN(C[C@@H]1CCCN1C(=O)O)C(=O)c1c(Cl)cnc2ccc(-c3cccc(OCc4ccccc4)c3)nc12. The van der Waals surface area contributed by atoms with Crippen molar-refractivity contribution < 1.29 is 19.4 Å². The van der Waals surface area contributed by atoms with Crippen molar-refractivity contribution in [1.29, 1.82) is 0 Å². The molecule has 38 heavy (non-hydrogen) atoms. The van der Waals surface area contributed by atoms with Crippen molar-refractivity contribution in [3.8, 4) is 17.0 Å². The highest BCUT2D eigenvalue weighted by molar-refractivity contribution is 6.35. The highest BCUT2D eigenvalue weighted by Crippen LogP contribution is 2.29. The summed E-state index contributed by atoms with van der Waals surface area (Å²) in [5.74, 6) is 0.372. The number of carboxylic acid groups (broad SMARTS) is 1. The number of benzene rings is 2. The lowest BCUT2D eigenvalue weighted by Crippen LogP contribution is -2.43. The van der Waals surface area contributed by atoms with Gasteiger partial charge in [-0.15, -0.1) is 0 Å². The molecule has 3 heterocycles. The molecule has 0 spiro atoms. The Kier molecular flexibility index (Phi) is 7.42. The molecular formula is C29H27ClN4O4. The van der Waals surface area contributed by atoms with E-state index in [-0.39, 0.29) is 29.1 Å². The van der Waals surface area contributed by atoms with Gasteiger partial charge in [0.1, 0.15) is 17.9 Å². The van der Waals surface area contributed by atoms with Gasteiger partial charge in [-0.25, -0.2) is 9.78 Å². The third-order valence-electron chi connectivity index (χ3n) is 6.71. The van der Waals surface area contributed by atoms with Crippen LogP contribution in [-0.2, 0) is 6.61 Å². The van der Waals surface area contributed by atoms with Gasteiger partial charge in [0, 0.05) is 31.9 Å². The fraction of sp³-hybridized carbons (Fsp3) is 0.241. The number of pyridine rings is 2. The summed E-state index contributed by atoms with van der Waals surface area (Å²) in [6.45, 7) is 1.19. The minimum atomic E-state index is -0.970. The average Bonchev–Trinajstić information content (AvgIpc) is 3.40. The number of likely N-dealkylation sites (tertiary alicyclic amines) is 1. The number of hydrogen-bond acceptors (Lipinski definition) is 5. The van der Waals surface area contributed by atoms with Gasteiger partial charge in [0.05, 0.1) is 27.8 Å². The molecule has 2 aromatic carbocycles. The Morgan fingerprint density at radius 3 is 2.74 bits per heavy atom. The predicted octanol–water partition coefficient (Wildman–Crippen LogP) is 5.74. The van der Waals surface area contributed by atoms with Crippen LogP contribution in [0.2, 0.25) is 5.02 Å². The van der Waals surface area contributed by atoms with E-state index in [1.165, 1.54) is 16.0 Å². The standard InChI is InChI=1S/C29H27ClN4O4/c1-33(17-21-10-6-14-34(21)29(36)37)28(35)26-23(30)16-31-25-13-12-24(32-27(25)26)20-9-5-11-22(15-20)38-18-19-7-3-2-4-8-19/h2-5,7-9,11-13,15-16,21H,6,10,14,17-18H2,1H3,(H,36,37)/t21-/m0/s1. The van der Waals surface area contributed by atoms with Crippen molar-refractivity contribution in [3.63, 3.8) is 0 Å². The lowest BCUT2D eigenvalue weighted by atomic mass is 10.1. The maximum absolute atomic E-state index is 13.6. The number of amides is 2. The van der Waals surface area contributed by atoms with Gasteiger partial charge < -0.3 is 19.6 Å². The van der Waals surface area contributed by atoms with E-state index in [1.807, 2.05) is 66.7 Å². The van der Waals surface area contributed by atoms with Crippen LogP contribution in [0.4, 0.5) is 4.79 Å². The van der Waals surface area contributed by atoms with Crippen molar-refractivity contribution in [2.45, 2.75) is 25.5 Å². The molecule has 0 bridgehead atoms. The van der Waals surface area contributed by atoms with E-state index in [1.54, 1.807) is 7.05 Å². The number of hydrogen-bond donors (Lipinski definition) is 1. The lowest BCUT2D eigenvalue weighted by molar-refractivity contribution is 0.0746. The topological polar surface area (TPSA) is 95.9 Å². The molecule has 9 heteroatoms. The van der Waals surface area contributed by atoms with Gasteiger partial charge in [0.15, 0.2) is 0 Å². The Hall–Kier alpha value is -4.17. The molecule has 1 aliphatic heterocycles. The number of rotatable bonds is 7. The second kappa shape index (κ2) is 11.1. The summed E-state index contributed by atoms with van der Waals surface area (Å²) < 4.78 is 5.98. The van der Waals surface area contributed by atoms with Crippen LogP contribution in [-0.4, -0.2) is 63.1 Å². The minimum absolute atomic E-state index is 0.195. The maximum Gasteiger partial charge on any atom is 0.407 e. The van der Waals surface area contributed by atoms with Crippen molar-refractivity contribution >= 4 is 34.6 Å². The Bertz CT molecular complexity index is 1480. The highest BCUT2D eigenvalue weighted by Gasteiger charge is 2.31. The zero-order valence-corrected chi connectivity index (χ0v) is 21.6. The molecule has 1 saturated heterocycles. The molecular weight excluding hydrogens is 504 g/mol. The van der Waals surface area contributed by atoms with Crippen LogP contribution in [0, 0.1) is 0 Å². The summed E-state index contributed by atoms with van der Waals surface area (Å²) in [7, 11) is 1.65. The molecule has 0 radical (unpaired) electrons. The van der Waals surface area contributed by atoms with E-state index in [4.69, 9.17) is 21.3 Å². The molecule has 0 unspecified atom stereocenters. The predicted molar refractivity (Wildman–Crippen MR) is 145 cm³/mol. The normalized spacial score (nSPS) is 15.0. The molecule has 8 nitrogen and oxygen atoms in total. The number of halogens is 1. The molecule has 5 rings (SSSR count). The lowest BCUT2D eigenvalue weighted by Gasteiger charge is -2.27. The smallest absolute Gasteiger partial charge is 0.407 e. The van der Waals surface area contributed by atoms with Crippen LogP contribution in [0.5, 0.6) is 5.75 Å². The van der Waals surface area contributed by atoms with Crippen LogP contribution in [0.15, 0.2) is 72.9 Å². The minimum Gasteiger partial charge on any atom is -0.489 e. The zero-order chi connectivity index (χ0) is 26.6. The van der Waals surface area contributed by atoms with E-state index in [2.05, 4.69) is 4.98 Å². The zero-order valence-electron chi connectivity index (χ0n) is 20.9. The van der Waals surface area contributed by atoms with Crippen molar-refractivity contribution in [1.82, 2.24) is 19.8 Å². The van der Waals surface area contributed by atoms with Gasteiger partial charge in [-0.3, -0.25) is 9.78 Å². The van der Waals surface area contributed by atoms with Crippen LogP contribution < -0.4 is 4.74 Å². The average molecular weight is 531 g/mol. The molecule has 2 amide bonds. The van der Waals surface area contributed by atoms with E-state index < -0.39 is 6.09 Å². The molecule has 1 atom stereocenters. The first kappa shape index (κ1) is 25.5. The fourth-order valence-corrected chi connectivity index (χ4v) is 4.98. The second-order valence-electron chi connectivity index (χ2n) is 9.31. The molecule has 0 saturated carbocycles. The Morgan fingerprint density at radius 1 is 1.13 bits per heavy atom. The van der Waals surface area contributed by atoms with Gasteiger partial charge >= 0.3 is 6.09 Å². The molecule has 1 N–H and O–H groups in total. The van der Waals surface area contributed by atoms with E-state index in [9.17, 15) is 14.7 Å². The molecule has 0 aliphatic carbocycles. The number of fused-ring (bicyclic) bond motifs is 1. The first-order chi connectivity index (χ1) is 18.4. The van der Waals surface area contributed by atoms with E-state index in [0.29, 0.717) is 42.0 Å². The summed E-state index contributed by atoms with van der Waals surface area (Å²) in [6.07, 6.45) is 1.96. The number of carbonyl (C=O) groups excluding carboxylic acids is 1. The van der Waals surface area contributed by atoms with Crippen LogP contribution in [0.3, 0.4) is 0 Å². The number of likely N-dealkylation sites (N-methyl/N-ethyl adjacent to an activating group) is 1. The Morgan fingerprint density at radius 2 is 1.95 bits per heavy atom. The molecule has 1 aliphatic rings. The van der Waals surface area contributed by atoms with Gasteiger partial charge in [-0.1, -0.05) is 54.1 Å². The number of carbonyl (C=O) groups is 2. The Labute approximate surface area is 225 Å². The molecule has 4 aromatic rings. The highest BCUT2D eigenvalue weighted by atomic mass is 35.5. The molecule has 2 aromatic heterocycles. The monoisotopic (exact) mass is 530 g/mol. The van der Waals surface area contributed by atoms with Gasteiger partial charge in [0.25, 0.3) is 5.91 Å². The third-order valence-corrected chi connectivity index (χ3v) is 7.00. The van der Waals surface area contributed by atoms with Crippen LogP contribution in [0.1, 0.15) is 28.8 Å². The summed E-state index contributed by atoms with van der Waals surface area (Å²) in [5.41, 5.74) is 3.73. The second-order valence-corrected chi connectivity index (χ2v) is 9.71. The summed E-state index contributed by atoms with van der Waals surface area (Å²) in [5, 5.41) is 9.66. The Balaban J connectivity index is 1.42. The van der Waals surface area contributed by atoms with E-state index in [0.717, 1.165) is 17.5 Å². The number of aromatic nitrogens is 2.